The summed E-state index contributed by atoms with van der Waals surface area (Å²) in [6, 6.07) is 10.6. The lowest BCUT2D eigenvalue weighted by molar-refractivity contribution is 0.400. The Morgan fingerprint density at radius 3 is 2.54 bits per heavy atom. The van der Waals surface area contributed by atoms with Crippen molar-refractivity contribution >= 4 is 0 Å². The maximum Gasteiger partial charge on any atom is 0.0441 e. The van der Waals surface area contributed by atoms with E-state index in [1.165, 1.54) is 24.8 Å². The molecule has 0 saturated heterocycles. The molecule has 1 nitrogen and oxygen atoms in total. The van der Waals surface area contributed by atoms with Gasteiger partial charge in [0, 0.05) is 5.54 Å². The molecule has 13 heavy (non-hydrogen) atoms. The molecule has 3 unspecified atom stereocenters. The van der Waals surface area contributed by atoms with Crippen LogP contribution in [0, 0.1) is 11.8 Å². The number of benzene rings is 1. The van der Waals surface area contributed by atoms with Crippen LogP contribution in [0.25, 0.3) is 0 Å². The van der Waals surface area contributed by atoms with Crippen molar-refractivity contribution in [2.75, 3.05) is 0 Å². The van der Waals surface area contributed by atoms with Crippen molar-refractivity contribution in [2.45, 2.75) is 24.8 Å². The Hall–Kier alpha value is -0.820. The smallest absolute Gasteiger partial charge is 0.0441 e. The van der Waals surface area contributed by atoms with Gasteiger partial charge in [-0.2, -0.15) is 0 Å². The summed E-state index contributed by atoms with van der Waals surface area (Å²) < 4.78 is 0. The molecule has 3 atom stereocenters. The van der Waals surface area contributed by atoms with Crippen molar-refractivity contribution in [3.8, 4) is 0 Å². The average molecular weight is 173 g/mol. The summed E-state index contributed by atoms with van der Waals surface area (Å²) in [5.41, 5.74) is 7.83. The van der Waals surface area contributed by atoms with Gasteiger partial charge in [-0.25, -0.2) is 0 Å². The molecule has 1 heteroatoms. The van der Waals surface area contributed by atoms with Gasteiger partial charge in [-0.05, 0) is 36.7 Å². The summed E-state index contributed by atoms with van der Waals surface area (Å²) in [4.78, 5) is 0. The van der Waals surface area contributed by atoms with E-state index in [1.807, 2.05) is 0 Å². The van der Waals surface area contributed by atoms with Crippen LogP contribution < -0.4 is 5.73 Å². The van der Waals surface area contributed by atoms with Crippen molar-refractivity contribution in [1.29, 1.82) is 0 Å². The SMILES string of the molecule is NC1(c2ccccc2)CCC2CC21. The summed E-state index contributed by atoms with van der Waals surface area (Å²) in [5.74, 6) is 1.74. The minimum absolute atomic E-state index is 0.0198. The normalized spacial score (nSPS) is 41.6. The zero-order chi connectivity index (χ0) is 8.89. The van der Waals surface area contributed by atoms with Crippen LogP contribution in [0.2, 0.25) is 0 Å². The van der Waals surface area contributed by atoms with Gasteiger partial charge in [-0.3, -0.25) is 0 Å². The fourth-order valence-corrected chi connectivity index (χ4v) is 2.91. The van der Waals surface area contributed by atoms with E-state index >= 15 is 0 Å². The summed E-state index contributed by atoms with van der Waals surface area (Å²) in [5, 5.41) is 0. The van der Waals surface area contributed by atoms with E-state index in [0.717, 1.165) is 11.8 Å². The molecule has 0 heterocycles. The van der Waals surface area contributed by atoms with Gasteiger partial charge in [0.2, 0.25) is 0 Å². The van der Waals surface area contributed by atoms with Crippen molar-refractivity contribution < 1.29 is 0 Å². The Morgan fingerprint density at radius 1 is 1.23 bits per heavy atom. The van der Waals surface area contributed by atoms with Crippen LogP contribution in [0.3, 0.4) is 0 Å². The first-order chi connectivity index (χ1) is 6.31. The molecule has 2 aliphatic carbocycles. The first kappa shape index (κ1) is 7.57. The Kier molecular flexibility index (Phi) is 1.37. The maximum atomic E-state index is 6.47. The Bertz CT molecular complexity index is 319. The fourth-order valence-electron chi connectivity index (χ4n) is 2.91. The third-order valence-corrected chi connectivity index (χ3v) is 3.82. The zero-order valence-corrected chi connectivity index (χ0v) is 7.74. The highest BCUT2D eigenvalue weighted by Gasteiger charge is 2.56. The van der Waals surface area contributed by atoms with Gasteiger partial charge >= 0.3 is 0 Å². The molecule has 2 fully saturated rings. The summed E-state index contributed by atoms with van der Waals surface area (Å²) >= 11 is 0. The first-order valence-electron chi connectivity index (χ1n) is 5.15. The third-order valence-electron chi connectivity index (χ3n) is 3.82. The number of hydrogen-bond acceptors (Lipinski definition) is 1. The molecule has 0 bridgehead atoms. The number of nitrogens with two attached hydrogens (primary N) is 1. The number of rotatable bonds is 1. The van der Waals surface area contributed by atoms with E-state index in [2.05, 4.69) is 30.3 Å². The molecule has 68 valence electrons. The largest absolute Gasteiger partial charge is 0.321 e. The summed E-state index contributed by atoms with van der Waals surface area (Å²) in [6.45, 7) is 0. The molecule has 0 radical (unpaired) electrons. The second kappa shape index (κ2) is 2.36. The van der Waals surface area contributed by atoms with Crippen LogP contribution in [-0.2, 0) is 5.54 Å². The van der Waals surface area contributed by atoms with Crippen LogP contribution in [0.1, 0.15) is 24.8 Å². The molecule has 2 saturated carbocycles. The van der Waals surface area contributed by atoms with Crippen molar-refractivity contribution in [3.63, 3.8) is 0 Å². The van der Waals surface area contributed by atoms with Gasteiger partial charge in [0.25, 0.3) is 0 Å². The molecule has 1 aromatic carbocycles. The van der Waals surface area contributed by atoms with Gasteiger partial charge in [-0.1, -0.05) is 30.3 Å². The molecular formula is C12H15N. The lowest BCUT2D eigenvalue weighted by atomic mass is 9.86. The molecule has 0 amide bonds. The Morgan fingerprint density at radius 2 is 2.00 bits per heavy atom. The molecule has 0 aliphatic heterocycles. The highest BCUT2D eigenvalue weighted by atomic mass is 14.8. The quantitative estimate of drug-likeness (QED) is 0.692. The second-order valence-corrected chi connectivity index (χ2v) is 4.55. The molecule has 0 spiro atoms. The van der Waals surface area contributed by atoms with E-state index in [0.29, 0.717) is 0 Å². The summed E-state index contributed by atoms with van der Waals surface area (Å²) in [7, 11) is 0. The molecule has 0 aromatic heterocycles. The van der Waals surface area contributed by atoms with E-state index < -0.39 is 0 Å². The maximum absolute atomic E-state index is 6.47. The molecular weight excluding hydrogens is 158 g/mol. The molecule has 3 rings (SSSR count). The lowest BCUT2D eigenvalue weighted by Crippen LogP contribution is -2.36. The van der Waals surface area contributed by atoms with Gasteiger partial charge in [0.15, 0.2) is 0 Å². The van der Waals surface area contributed by atoms with Crippen molar-refractivity contribution in [3.05, 3.63) is 35.9 Å². The minimum Gasteiger partial charge on any atom is -0.321 e. The van der Waals surface area contributed by atoms with Crippen molar-refractivity contribution in [2.24, 2.45) is 17.6 Å². The predicted octanol–water partition coefficient (Wildman–Crippen LogP) is 2.27. The third kappa shape index (κ3) is 0.969. The van der Waals surface area contributed by atoms with Gasteiger partial charge < -0.3 is 5.73 Å². The number of fused-ring (bicyclic) bond motifs is 1. The lowest BCUT2D eigenvalue weighted by Gasteiger charge is -2.26. The van der Waals surface area contributed by atoms with E-state index in [1.54, 1.807) is 0 Å². The average Bonchev–Trinajstić information content (AvgIpc) is 2.90. The Labute approximate surface area is 78.9 Å². The Balaban J connectivity index is 2.00. The molecule has 2 aliphatic rings. The molecule has 2 N–H and O–H groups in total. The fraction of sp³-hybridized carbons (Fsp3) is 0.500. The monoisotopic (exact) mass is 173 g/mol. The standard InChI is InChI=1S/C12H15N/c13-12(7-6-9-8-11(9)12)10-4-2-1-3-5-10/h1-5,9,11H,6-8,13H2. The topological polar surface area (TPSA) is 26.0 Å². The van der Waals surface area contributed by atoms with Crippen molar-refractivity contribution in [1.82, 2.24) is 0 Å². The first-order valence-corrected chi connectivity index (χ1v) is 5.15. The van der Waals surface area contributed by atoms with Crippen LogP contribution in [0.15, 0.2) is 30.3 Å². The number of hydrogen-bond donors (Lipinski definition) is 1. The minimum atomic E-state index is 0.0198. The summed E-state index contributed by atoms with van der Waals surface area (Å²) in [6.07, 6.45) is 3.90. The van der Waals surface area contributed by atoms with Gasteiger partial charge in [-0.15, -0.1) is 0 Å². The van der Waals surface area contributed by atoms with E-state index in [4.69, 9.17) is 5.73 Å². The van der Waals surface area contributed by atoms with Crippen LogP contribution in [0.4, 0.5) is 0 Å². The zero-order valence-electron chi connectivity index (χ0n) is 7.74. The molecule has 1 aromatic rings. The van der Waals surface area contributed by atoms with Crippen LogP contribution in [-0.4, -0.2) is 0 Å². The predicted molar refractivity (Wildman–Crippen MR) is 53.1 cm³/mol. The highest BCUT2D eigenvalue weighted by Crippen LogP contribution is 2.60. The van der Waals surface area contributed by atoms with Crippen LogP contribution >= 0.6 is 0 Å². The van der Waals surface area contributed by atoms with Gasteiger partial charge in [0.05, 0.1) is 0 Å². The second-order valence-electron chi connectivity index (χ2n) is 4.55. The van der Waals surface area contributed by atoms with Crippen LogP contribution in [0.5, 0.6) is 0 Å². The van der Waals surface area contributed by atoms with Gasteiger partial charge in [0.1, 0.15) is 0 Å². The van der Waals surface area contributed by atoms with E-state index in [9.17, 15) is 0 Å². The highest BCUT2D eigenvalue weighted by molar-refractivity contribution is 5.29. The van der Waals surface area contributed by atoms with E-state index in [-0.39, 0.29) is 5.54 Å².